The van der Waals surface area contributed by atoms with Crippen LogP contribution in [0, 0.1) is 0 Å². The quantitative estimate of drug-likeness (QED) is 0.195. The third-order valence-electron chi connectivity index (χ3n) is 9.19. The summed E-state index contributed by atoms with van der Waals surface area (Å²) < 4.78 is 2.73. The zero-order valence-electron chi connectivity index (χ0n) is 24.1. The standard InChI is InChI=1S/C43H28S/c1-2-10-28(11-3-1)29-22-24-30(25-23-29)31-12-6-13-32(26-31)33-15-7-16-34-35-17-8-18-36(41(35)27-40(33)34)38-19-9-20-39-37-14-4-5-21-42(37)44-43(38)39/h1-26H,27H2. The lowest BCUT2D eigenvalue weighted by molar-refractivity contribution is 1.27. The third-order valence-corrected chi connectivity index (χ3v) is 10.4. The fraction of sp³-hybridized carbons (Fsp3) is 0.0233. The summed E-state index contributed by atoms with van der Waals surface area (Å²) in [5, 5.41) is 2.70. The predicted octanol–water partition coefficient (Wildman–Crippen LogP) is 12.3. The maximum Gasteiger partial charge on any atom is 0.0433 e. The van der Waals surface area contributed by atoms with Gasteiger partial charge in [-0.1, -0.05) is 146 Å². The molecule has 1 aromatic heterocycles. The molecule has 1 heteroatoms. The smallest absolute Gasteiger partial charge is 0.0433 e. The molecule has 0 aliphatic heterocycles. The molecule has 0 saturated carbocycles. The van der Waals surface area contributed by atoms with Gasteiger partial charge in [0.2, 0.25) is 0 Å². The van der Waals surface area contributed by atoms with E-state index in [-0.39, 0.29) is 0 Å². The number of fused-ring (bicyclic) bond motifs is 6. The van der Waals surface area contributed by atoms with E-state index in [9.17, 15) is 0 Å². The van der Waals surface area contributed by atoms with Crippen LogP contribution in [0.5, 0.6) is 0 Å². The molecule has 0 spiro atoms. The lowest BCUT2D eigenvalue weighted by Crippen LogP contribution is -1.90. The van der Waals surface area contributed by atoms with Gasteiger partial charge in [-0.15, -0.1) is 11.3 Å². The highest BCUT2D eigenvalue weighted by Gasteiger charge is 2.25. The fourth-order valence-corrected chi connectivity index (χ4v) is 8.30. The summed E-state index contributed by atoms with van der Waals surface area (Å²) in [6, 6.07) is 57.9. The van der Waals surface area contributed by atoms with E-state index in [0.29, 0.717) is 0 Å². The summed E-state index contributed by atoms with van der Waals surface area (Å²) >= 11 is 1.91. The molecule has 0 amide bonds. The van der Waals surface area contributed by atoms with E-state index < -0.39 is 0 Å². The van der Waals surface area contributed by atoms with Crippen LogP contribution in [0.2, 0.25) is 0 Å². The molecule has 0 bridgehead atoms. The Kier molecular flexibility index (Phi) is 5.85. The number of thiophene rings is 1. The highest BCUT2D eigenvalue weighted by Crippen LogP contribution is 2.48. The Balaban J connectivity index is 1.11. The van der Waals surface area contributed by atoms with Crippen molar-refractivity contribution in [1.82, 2.24) is 0 Å². The van der Waals surface area contributed by atoms with Gasteiger partial charge < -0.3 is 0 Å². The molecule has 0 radical (unpaired) electrons. The van der Waals surface area contributed by atoms with Crippen LogP contribution in [-0.4, -0.2) is 0 Å². The molecule has 7 aromatic carbocycles. The minimum atomic E-state index is 0.939. The first-order valence-corrected chi connectivity index (χ1v) is 16.0. The van der Waals surface area contributed by atoms with Crippen molar-refractivity contribution in [3.8, 4) is 55.6 Å². The van der Waals surface area contributed by atoms with Crippen LogP contribution < -0.4 is 0 Å². The molecule has 0 atom stereocenters. The first-order valence-electron chi connectivity index (χ1n) is 15.2. The van der Waals surface area contributed by atoms with Crippen molar-refractivity contribution in [3.05, 3.63) is 169 Å². The van der Waals surface area contributed by atoms with E-state index in [1.54, 1.807) is 0 Å². The molecular weight excluding hydrogens is 549 g/mol. The minimum Gasteiger partial charge on any atom is -0.135 e. The first kappa shape index (κ1) is 25.3. The second-order valence-corrected chi connectivity index (χ2v) is 12.7. The van der Waals surface area contributed by atoms with Gasteiger partial charge in [0.15, 0.2) is 0 Å². The van der Waals surface area contributed by atoms with Crippen LogP contribution in [0.4, 0.5) is 0 Å². The van der Waals surface area contributed by atoms with Gasteiger partial charge in [0, 0.05) is 20.2 Å². The van der Waals surface area contributed by atoms with E-state index in [1.165, 1.54) is 86.9 Å². The third kappa shape index (κ3) is 4.05. The Morgan fingerprint density at radius 1 is 0.341 bits per heavy atom. The maximum absolute atomic E-state index is 2.36. The van der Waals surface area contributed by atoms with Gasteiger partial charge in [-0.25, -0.2) is 0 Å². The van der Waals surface area contributed by atoms with Crippen LogP contribution in [0.3, 0.4) is 0 Å². The largest absolute Gasteiger partial charge is 0.135 e. The van der Waals surface area contributed by atoms with Gasteiger partial charge in [-0.2, -0.15) is 0 Å². The zero-order valence-corrected chi connectivity index (χ0v) is 24.9. The maximum atomic E-state index is 2.36. The Hall–Kier alpha value is -5.24. The van der Waals surface area contributed by atoms with E-state index in [1.807, 2.05) is 11.3 Å². The molecule has 9 rings (SSSR count). The van der Waals surface area contributed by atoms with E-state index in [4.69, 9.17) is 0 Å². The Bertz CT molecular complexity index is 2340. The second-order valence-electron chi connectivity index (χ2n) is 11.6. The minimum absolute atomic E-state index is 0.939. The predicted molar refractivity (Wildman–Crippen MR) is 189 cm³/mol. The van der Waals surface area contributed by atoms with Crippen LogP contribution in [-0.2, 0) is 6.42 Å². The van der Waals surface area contributed by atoms with Crippen LogP contribution in [0.1, 0.15) is 11.1 Å². The lowest BCUT2D eigenvalue weighted by Gasteiger charge is -2.11. The highest BCUT2D eigenvalue weighted by atomic mass is 32.1. The molecule has 0 fully saturated rings. The van der Waals surface area contributed by atoms with Crippen molar-refractivity contribution in [1.29, 1.82) is 0 Å². The summed E-state index contributed by atoms with van der Waals surface area (Å²) in [6.45, 7) is 0. The Morgan fingerprint density at radius 3 is 1.64 bits per heavy atom. The normalized spacial score (nSPS) is 12.0. The molecule has 0 unspecified atom stereocenters. The average Bonchev–Trinajstić information content (AvgIpc) is 3.68. The molecule has 0 nitrogen and oxygen atoms in total. The van der Waals surface area contributed by atoms with Crippen molar-refractivity contribution in [2.75, 3.05) is 0 Å². The monoisotopic (exact) mass is 576 g/mol. The zero-order chi connectivity index (χ0) is 29.0. The summed E-state index contributed by atoms with van der Waals surface area (Å²) in [7, 11) is 0. The van der Waals surface area contributed by atoms with E-state index in [0.717, 1.165) is 6.42 Å². The topological polar surface area (TPSA) is 0 Å². The van der Waals surface area contributed by atoms with E-state index in [2.05, 4.69) is 158 Å². The van der Waals surface area contributed by atoms with Gasteiger partial charge in [-0.3, -0.25) is 0 Å². The van der Waals surface area contributed by atoms with Gasteiger partial charge in [0.1, 0.15) is 0 Å². The van der Waals surface area contributed by atoms with Crippen molar-refractivity contribution in [2.24, 2.45) is 0 Å². The van der Waals surface area contributed by atoms with Crippen molar-refractivity contribution in [3.63, 3.8) is 0 Å². The summed E-state index contributed by atoms with van der Waals surface area (Å²) in [6.07, 6.45) is 0.939. The number of hydrogen-bond donors (Lipinski definition) is 0. The van der Waals surface area contributed by atoms with Crippen molar-refractivity contribution in [2.45, 2.75) is 6.42 Å². The molecule has 8 aromatic rings. The summed E-state index contributed by atoms with van der Waals surface area (Å²) in [5.74, 6) is 0. The van der Waals surface area contributed by atoms with Crippen molar-refractivity contribution >= 4 is 31.5 Å². The fourth-order valence-electron chi connectivity index (χ4n) is 7.07. The van der Waals surface area contributed by atoms with Gasteiger partial charge in [-0.05, 0) is 85.3 Å². The van der Waals surface area contributed by atoms with Crippen LogP contribution in [0.15, 0.2) is 158 Å². The molecule has 0 N–H and O–H groups in total. The Labute approximate surface area is 261 Å². The SMILES string of the molecule is c1ccc(-c2ccc(-c3cccc(-c4cccc5c4Cc4c-5cccc4-c4cccc5c4sc4ccccc45)c3)cc2)cc1. The van der Waals surface area contributed by atoms with Gasteiger partial charge in [0.05, 0.1) is 0 Å². The van der Waals surface area contributed by atoms with Crippen molar-refractivity contribution < 1.29 is 0 Å². The Morgan fingerprint density at radius 2 is 0.841 bits per heavy atom. The number of benzene rings is 7. The second kappa shape index (κ2) is 10.2. The molecular formula is C43H28S. The first-order chi connectivity index (χ1) is 21.8. The molecule has 1 heterocycles. The number of rotatable bonds is 4. The highest BCUT2D eigenvalue weighted by molar-refractivity contribution is 7.26. The molecule has 206 valence electrons. The van der Waals surface area contributed by atoms with Crippen LogP contribution in [0.25, 0.3) is 75.8 Å². The average molecular weight is 577 g/mol. The molecule has 1 aliphatic carbocycles. The summed E-state index contributed by atoms with van der Waals surface area (Å²) in [5.41, 5.74) is 15.9. The molecule has 1 aliphatic rings. The van der Waals surface area contributed by atoms with Crippen LogP contribution >= 0.6 is 11.3 Å². The lowest BCUT2D eigenvalue weighted by atomic mass is 9.93. The van der Waals surface area contributed by atoms with E-state index >= 15 is 0 Å². The summed E-state index contributed by atoms with van der Waals surface area (Å²) in [4.78, 5) is 0. The molecule has 44 heavy (non-hydrogen) atoms. The molecule has 0 saturated heterocycles. The van der Waals surface area contributed by atoms with Gasteiger partial charge in [0.25, 0.3) is 0 Å². The van der Waals surface area contributed by atoms with Gasteiger partial charge >= 0.3 is 0 Å². The number of hydrogen-bond acceptors (Lipinski definition) is 1.